The average Bonchev–Trinajstić information content (AvgIpc) is 3.02. The van der Waals surface area contributed by atoms with Gasteiger partial charge in [-0.05, 0) is 31.9 Å². The monoisotopic (exact) mass is 685 g/mol. The zero-order chi connectivity index (χ0) is 34.6. The van der Waals surface area contributed by atoms with Crippen LogP contribution in [0.15, 0.2) is 40.8 Å². The number of fused-ring (bicyclic) bond motifs is 1. The van der Waals surface area contributed by atoms with E-state index in [4.69, 9.17) is 28.9 Å². The molecule has 9 nitrogen and oxygen atoms in total. The summed E-state index contributed by atoms with van der Waals surface area (Å²) in [5.74, 6) is -5.37. The number of nitrogens with zero attached hydrogens (tertiary/aromatic N) is 6. The number of nitrogens with two attached hydrogens (primary N) is 1. The van der Waals surface area contributed by atoms with E-state index >= 15 is 4.39 Å². The quantitative estimate of drug-likeness (QED) is 0.139. The standard InChI is InChI=1S/C33H32Cl2F3N7O2/c1-7-21(46)44-16(5)12-43(13-17(44)6)31-18-10-20(34)29(22-24(36)25(37)23(35)26(38)27(22)40)42-32(18)45(33(47)19(31)11-39)30-15(4)8-9-41-28(30)14(2)3/h7-10,14-17,30H,1,12-13,40H2,2-6H3/t15-,16-,17+,30?/m1/s1. The van der Waals surface area contributed by atoms with Gasteiger partial charge in [-0.1, -0.05) is 56.6 Å². The largest absolute Gasteiger partial charge is 0.396 e. The summed E-state index contributed by atoms with van der Waals surface area (Å²) in [4.78, 5) is 39.8. The summed E-state index contributed by atoms with van der Waals surface area (Å²) in [6.45, 7) is 13.4. The van der Waals surface area contributed by atoms with Crippen LogP contribution in [0, 0.1) is 40.6 Å². The Morgan fingerprint density at radius 1 is 1.15 bits per heavy atom. The number of anilines is 2. The molecule has 1 unspecified atom stereocenters. The summed E-state index contributed by atoms with van der Waals surface area (Å²) in [6.07, 6.45) is 4.67. The number of aromatic nitrogens is 2. The van der Waals surface area contributed by atoms with Crippen molar-refractivity contribution in [2.45, 2.75) is 52.7 Å². The van der Waals surface area contributed by atoms with E-state index in [9.17, 15) is 23.6 Å². The summed E-state index contributed by atoms with van der Waals surface area (Å²) in [5, 5.41) is 9.36. The number of halogens is 5. The highest BCUT2D eigenvalue weighted by Crippen LogP contribution is 2.43. The number of benzene rings is 1. The van der Waals surface area contributed by atoms with E-state index in [1.165, 1.54) is 16.7 Å². The van der Waals surface area contributed by atoms with Crippen molar-refractivity contribution in [2.75, 3.05) is 23.7 Å². The van der Waals surface area contributed by atoms with Crippen LogP contribution >= 0.6 is 23.2 Å². The Bertz CT molecular complexity index is 1960. The summed E-state index contributed by atoms with van der Waals surface area (Å²) >= 11 is 12.3. The number of nitrogen functional groups attached to an aromatic ring is 1. The van der Waals surface area contributed by atoms with Gasteiger partial charge in [-0.3, -0.25) is 19.1 Å². The second-order valence-electron chi connectivity index (χ2n) is 12.2. The van der Waals surface area contributed by atoms with Crippen LogP contribution in [0.1, 0.15) is 46.2 Å². The number of allylic oxidation sites excluding steroid dienone is 1. The molecule has 2 aliphatic rings. The van der Waals surface area contributed by atoms with Gasteiger partial charge >= 0.3 is 0 Å². The number of rotatable bonds is 5. The summed E-state index contributed by atoms with van der Waals surface area (Å²) in [5.41, 5.74) is 3.76. The predicted octanol–water partition coefficient (Wildman–Crippen LogP) is 6.65. The second kappa shape index (κ2) is 12.7. The van der Waals surface area contributed by atoms with Gasteiger partial charge in [0.1, 0.15) is 22.3 Å². The molecule has 1 saturated heterocycles. The minimum Gasteiger partial charge on any atom is -0.396 e. The highest BCUT2D eigenvalue weighted by molar-refractivity contribution is 6.34. The van der Waals surface area contributed by atoms with E-state index in [0.717, 1.165) is 0 Å². The normalized spacial score (nSPS) is 21.3. The van der Waals surface area contributed by atoms with Crippen molar-refractivity contribution in [1.82, 2.24) is 14.5 Å². The SMILES string of the molecule is C=CC(=O)N1[C@H](C)CN(c2c(C#N)c(=O)n(C3C(C(C)C)=NC=C[C@H]3C)c3nc(-c4c(N)c(F)c(Cl)c(F)c4F)c(Cl)cc23)C[C@@H]1C. The first kappa shape index (κ1) is 34.0. The zero-order valence-electron chi connectivity index (χ0n) is 26.3. The molecule has 3 aromatic rings. The third-order valence-electron chi connectivity index (χ3n) is 8.71. The zero-order valence-corrected chi connectivity index (χ0v) is 27.8. The minimum atomic E-state index is -1.68. The fourth-order valence-electron chi connectivity index (χ4n) is 6.65. The van der Waals surface area contributed by atoms with Gasteiger partial charge < -0.3 is 15.5 Å². The van der Waals surface area contributed by atoms with Crippen LogP contribution in [0.2, 0.25) is 10.0 Å². The molecule has 0 spiro atoms. The molecule has 246 valence electrons. The molecule has 5 rings (SSSR count). The van der Waals surface area contributed by atoms with Crippen LogP contribution in [0.5, 0.6) is 0 Å². The second-order valence-corrected chi connectivity index (χ2v) is 12.9. The molecule has 1 fully saturated rings. The molecular formula is C33H32Cl2F3N7O2. The van der Waals surface area contributed by atoms with E-state index in [2.05, 4.69) is 22.6 Å². The van der Waals surface area contributed by atoms with Gasteiger partial charge in [0.25, 0.3) is 5.56 Å². The van der Waals surface area contributed by atoms with E-state index in [1.54, 1.807) is 17.2 Å². The van der Waals surface area contributed by atoms with Crippen molar-refractivity contribution >= 4 is 57.2 Å². The number of pyridine rings is 2. The molecule has 0 saturated carbocycles. The smallest absolute Gasteiger partial charge is 0.272 e. The first-order chi connectivity index (χ1) is 22.2. The van der Waals surface area contributed by atoms with Gasteiger partial charge in [0.05, 0.1) is 33.7 Å². The lowest BCUT2D eigenvalue weighted by Crippen LogP contribution is -2.58. The van der Waals surface area contributed by atoms with Gasteiger partial charge in [-0.25, -0.2) is 18.2 Å². The van der Waals surface area contributed by atoms with Crippen LogP contribution in [0.3, 0.4) is 0 Å². The lowest BCUT2D eigenvalue weighted by molar-refractivity contribution is -0.130. The first-order valence-corrected chi connectivity index (χ1v) is 15.7. The van der Waals surface area contributed by atoms with Crippen molar-refractivity contribution in [1.29, 1.82) is 5.26 Å². The Hall–Kier alpha value is -4.34. The molecule has 4 atom stereocenters. The fourth-order valence-corrected chi connectivity index (χ4v) is 7.08. The lowest BCUT2D eigenvalue weighted by atomic mass is 9.88. The van der Waals surface area contributed by atoms with Crippen molar-refractivity contribution in [3.05, 3.63) is 74.4 Å². The predicted molar refractivity (Wildman–Crippen MR) is 178 cm³/mol. The molecule has 0 bridgehead atoms. The molecule has 1 amide bonds. The number of hydrogen-bond acceptors (Lipinski definition) is 7. The highest BCUT2D eigenvalue weighted by atomic mass is 35.5. The Labute approximate surface area is 279 Å². The number of amides is 1. The molecule has 4 heterocycles. The summed E-state index contributed by atoms with van der Waals surface area (Å²) < 4.78 is 46.4. The summed E-state index contributed by atoms with van der Waals surface area (Å²) in [7, 11) is 0. The van der Waals surface area contributed by atoms with Crippen LogP contribution in [0.25, 0.3) is 22.3 Å². The van der Waals surface area contributed by atoms with Crippen molar-refractivity contribution in [3.8, 4) is 17.3 Å². The topological polar surface area (TPSA) is 121 Å². The average molecular weight is 687 g/mol. The molecule has 2 aromatic heterocycles. The molecular weight excluding hydrogens is 654 g/mol. The molecule has 14 heteroatoms. The Kier molecular flexibility index (Phi) is 9.18. The Morgan fingerprint density at radius 2 is 1.79 bits per heavy atom. The molecule has 2 aliphatic heterocycles. The van der Waals surface area contributed by atoms with Gasteiger partial charge in [0, 0.05) is 48.4 Å². The van der Waals surface area contributed by atoms with Gasteiger partial charge in [0.2, 0.25) is 5.91 Å². The molecule has 47 heavy (non-hydrogen) atoms. The van der Waals surface area contributed by atoms with E-state index < -0.39 is 51.0 Å². The maximum Gasteiger partial charge on any atom is 0.272 e. The Morgan fingerprint density at radius 3 is 2.36 bits per heavy atom. The number of carbonyl (C=O) groups excluding carboxylic acids is 1. The number of nitriles is 1. The highest BCUT2D eigenvalue weighted by Gasteiger charge is 2.38. The van der Waals surface area contributed by atoms with Crippen LogP contribution in [-0.2, 0) is 4.79 Å². The van der Waals surface area contributed by atoms with E-state index in [0.29, 0.717) is 5.71 Å². The van der Waals surface area contributed by atoms with Crippen LogP contribution in [-0.4, -0.2) is 51.2 Å². The lowest BCUT2D eigenvalue weighted by Gasteiger charge is -2.45. The molecule has 0 radical (unpaired) electrons. The van der Waals surface area contributed by atoms with Gasteiger partial charge in [0.15, 0.2) is 17.5 Å². The number of piperazine rings is 1. The third-order valence-corrected chi connectivity index (χ3v) is 9.33. The maximum atomic E-state index is 15.4. The fraction of sp³-hybridized carbons (Fsp3) is 0.364. The summed E-state index contributed by atoms with van der Waals surface area (Å²) in [6, 6.07) is 2.01. The molecule has 0 aliphatic carbocycles. The molecule has 2 N–H and O–H groups in total. The van der Waals surface area contributed by atoms with Crippen LogP contribution in [0.4, 0.5) is 24.5 Å². The minimum absolute atomic E-state index is 0.0385. The van der Waals surface area contributed by atoms with Gasteiger partial charge in [-0.2, -0.15) is 5.26 Å². The van der Waals surface area contributed by atoms with Gasteiger partial charge in [-0.15, -0.1) is 0 Å². The van der Waals surface area contributed by atoms with Crippen molar-refractivity contribution in [3.63, 3.8) is 0 Å². The van der Waals surface area contributed by atoms with E-state index in [1.807, 2.05) is 39.5 Å². The first-order valence-electron chi connectivity index (χ1n) is 14.9. The van der Waals surface area contributed by atoms with Crippen LogP contribution < -0.4 is 16.2 Å². The van der Waals surface area contributed by atoms with Crippen molar-refractivity contribution < 1.29 is 18.0 Å². The van der Waals surface area contributed by atoms with E-state index in [-0.39, 0.29) is 70.2 Å². The van der Waals surface area contributed by atoms with Crippen molar-refractivity contribution in [2.24, 2.45) is 16.8 Å². The Balaban J connectivity index is 1.91. The number of carbonyl (C=O) groups is 1. The number of hydrogen-bond donors (Lipinski definition) is 1. The maximum absolute atomic E-state index is 15.4. The molecule has 1 aromatic carbocycles. The third kappa shape index (κ3) is 5.45. The number of aliphatic imine (C=N–C) groups is 1.